The minimum Gasteiger partial charge on any atom is -0.384 e. The van der Waals surface area contributed by atoms with Gasteiger partial charge in [-0.05, 0) is 37.3 Å². The van der Waals surface area contributed by atoms with Gasteiger partial charge < -0.3 is 10.6 Å². The van der Waals surface area contributed by atoms with E-state index in [9.17, 15) is 13.2 Å². The number of nitrogens with two attached hydrogens (primary N) is 1. The van der Waals surface area contributed by atoms with Gasteiger partial charge in [0, 0.05) is 13.1 Å². The Bertz CT molecular complexity index is 474. The van der Waals surface area contributed by atoms with Gasteiger partial charge in [-0.15, -0.1) is 0 Å². The maximum absolute atomic E-state index is 12.9. The lowest BCUT2D eigenvalue weighted by molar-refractivity contribution is -0.137. The first-order valence-corrected chi connectivity index (χ1v) is 7.50. The molecule has 0 saturated carbocycles. The third kappa shape index (κ3) is 4.25. The molecule has 2 N–H and O–H groups in total. The fraction of sp³-hybridized carbons (Fsp3) is 0.667. The molecule has 1 aromatic rings. The van der Waals surface area contributed by atoms with Crippen molar-refractivity contribution in [2.75, 3.05) is 23.7 Å². The molecule has 1 fully saturated rings. The Morgan fingerprint density at radius 1 is 1.29 bits per heavy atom. The molecule has 2 rings (SSSR count). The minimum absolute atomic E-state index is 0.0748. The molecule has 1 aliphatic heterocycles. The van der Waals surface area contributed by atoms with Gasteiger partial charge in [0.05, 0.1) is 5.56 Å². The number of anilines is 2. The third-order valence-electron chi connectivity index (χ3n) is 4.03. The van der Waals surface area contributed by atoms with E-state index in [4.69, 9.17) is 5.73 Å². The summed E-state index contributed by atoms with van der Waals surface area (Å²) >= 11 is 0. The van der Waals surface area contributed by atoms with Gasteiger partial charge in [0.1, 0.15) is 11.6 Å². The summed E-state index contributed by atoms with van der Waals surface area (Å²) < 4.78 is 38.6. The summed E-state index contributed by atoms with van der Waals surface area (Å²) in [7, 11) is 0. The van der Waals surface area contributed by atoms with E-state index in [0.717, 1.165) is 50.9 Å². The van der Waals surface area contributed by atoms with Crippen LogP contribution in [0.5, 0.6) is 0 Å². The molecular formula is C15H22F3N3. The zero-order valence-electron chi connectivity index (χ0n) is 12.3. The van der Waals surface area contributed by atoms with Crippen molar-refractivity contribution in [1.82, 2.24) is 4.98 Å². The second-order valence-corrected chi connectivity index (χ2v) is 5.71. The highest BCUT2D eigenvalue weighted by Gasteiger charge is 2.32. The molecule has 1 aliphatic rings. The van der Waals surface area contributed by atoms with E-state index < -0.39 is 11.7 Å². The molecule has 0 aromatic carbocycles. The Labute approximate surface area is 123 Å². The fourth-order valence-electron chi connectivity index (χ4n) is 2.95. The van der Waals surface area contributed by atoms with E-state index in [0.29, 0.717) is 11.7 Å². The van der Waals surface area contributed by atoms with Gasteiger partial charge in [0.25, 0.3) is 0 Å². The van der Waals surface area contributed by atoms with E-state index >= 15 is 0 Å². The van der Waals surface area contributed by atoms with Crippen LogP contribution >= 0.6 is 0 Å². The van der Waals surface area contributed by atoms with Gasteiger partial charge in [-0.1, -0.05) is 19.8 Å². The first-order valence-electron chi connectivity index (χ1n) is 7.50. The Balaban J connectivity index is 2.16. The Hall–Kier alpha value is -1.46. The molecule has 0 aliphatic carbocycles. The van der Waals surface area contributed by atoms with Crippen LogP contribution in [0.3, 0.4) is 0 Å². The zero-order chi connectivity index (χ0) is 15.5. The third-order valence-corrected chi connectivity index (χ3v) is 4.03. The molecule has 0 amide bonds. The summed E-state index contributed by atoms with van der Waals surface area (Å²) in [5.41, 5.74) is 4.82. The maximum atomic E-state index is 12.9. The highest BCUT2D eigenvalue weighted by atomic mass is 19.4. The monoisotopic (exact) mass is 301 g/mol. The standard InChI is InChI=1S/C15H22F3N3/c1-2-4-11-5-3-7-21(8-6-11)14-10-12(15(16,17)18)9-13(19)20-14/h9-11H,2-8H2,1H3,(H2,19,20). The summed E-state index contributed by atoms with van der Waals surface area (Å²) in [6.45, 7) is 3.66. The number of nitrogens with zero attached hydrogens (tertiary/aromatic N) is 2. The molecule has 1 unspecified atom stereocenters. The van der Waals surface area contributed by atoms with Crippen LogP contribution in [0.25, 0.3) is 0 Å². The van der Waals surface area contributed by atoms with Crippen molar-refractivity contribution in [3.63, 3.8) is 0 Å². The molecular weight excluding hydrogens is 279 g/mol. The Morgan fingerprint density at radius 3 is 2.71 bits per heavy atom. The fourth-order valence-corrected chi connectivity index (χ4v) is 2.95. The lowest BCUT2D eigenvalue weighted by Crippen LogP contribution is -2.26. The van der Waals surface area contributed by atoms with Gasteiger partial charge in [0.15, 0.2) is 0 Å². The number of halogens is 3. The van der Waals surface area contributed by atoms with Crippen LogP contribution in [0.1, 0.15) is 44.6 Å². The smallest absolute Gasteiger partial charge is 0.384 e. The van der Waals surface area contributed by atoms with Crippen LogP contribution in [-0.4, -0.2) is 18.1 Å². The van der Waals surface area contributed by atoms with Gasteiger partial charge in [-0.25, -0.2) is 4.98 Å². The normalized spacial score (nSPS) is 20.4. The van der Waals surface area contributed by atoms with Gasteiger partial charge in [-0.3, -0.25) is 0 Å². The van der Waals surface area contributed by atoms with Crippen molar-refractivity contribution in [2.24, 2.45) is 5.92 Å². The van der Waals surface area contributed by atoms with Crippen LogP contribution < -0.4 is 10.6 Å². The molecule has 118 valence electrons. The average Bonchev–Trinajstić information content (AvgIpc) is 2.63. The number of aromatic nitrogens is 1. The number of pyridine rings is 1. The number of alkyl halides is 3. The largest absolute Gasteiger partial charge is 0.416 e. The van der Waals surface area contributed by atoms with Crippen LogP contribution in [-0.2, 0) is 6.18 Å². The molecule has 1 saturated heterocycles. The van der Waals surface area contributed by atoms with Crippen LogP contribution in [0, 0.1) is 5.92 Å². The predicted molar refractivity (Wildman–Crippen MR) is 78.1 cm³/mol. The first kappa shape index (κ1) is 15.9. The summed E-state index contributed by atoms with van der Waals surface area (Å²) in [5.74, 6) is 0.941. The van der Waals surface area contributed by atoms with Gasteiger partial charge in [0.2, 0.25) is 0 Å². The van der Waals surface area contributed by atoms with Crippen molar-refractivity contribution in [3.05, 3.63) is 17.7 Å². The second-order valence-electron chi connectivity index (χ2n) is 5.71. The van der Waals surface area contributed by atoms with E-state index in [1.54, 1.807) is 0 Å². The highest BCUT2D eigenvalue weighted by Crippen LogP contribution is 2.33. The maximum Gasteiger partial charge on any atom is 0.416 e. The summed E-state index contributed by atoms with van der Waals surface area (Å²) in [5, 5.41) is 0. The Morgan fingerprint density at radius 2 is 2.05 bits per heavy atom. The molecule has 0 spiro atoms. The molecule has 1 aromatic heterocycles. The van der Waals surface area contributed by atoms with E-state index in [1.165, 1.54) is 6.42 Å². The van der Waals surface area contributed by atoms with Crippen molar-refractivity contribution in [3.8, 4) is 0 Å². The van der Waals surface area contributed by atoms with Crippen molar-refractivity contribution >= 4 is 11.6 Å². The van der Waals surface area contributed by atoms with Crippen LogP contribution in [0.2, 0.25) is 0 Å². The Kier molecular flexibility index (Phi) is 4.96. The quantitative estimate of drug-likeness (QED) is 0.914. The van der Waals surface area contributed by atoms with E-state index in [2.05, 4.69) is 11.9 Å². The second kappa shape index (κ2) is 6.54. The molecule has 3 nitrogen and oxygen atoms in total. The van der Waals surface area contributed by atoms with E-state index in [-0.39, 0.29) is 5.82 Å². The number of hydrogen-bond donors (Lipinski definition) is 1. The molecule has 21 heavy (non-hydrogen) atoms. The topological polar surface area (TPSA) is 42.1 Å². The highest BCUT2D eigenvalue weighted by molar-refractivity contribution is 5.49. The van der Waals surface area contributed by atoms with Crippen molar-refractivity contribution in [1.29, 1.82) is 0 Å². The molecule has 0 radical (unpaired) electrons. The molecule has 2 heterocycles. The van der Waals surface area contributed by atoms with Crippen molar-refractivity contribution < 1.29 is 13.2 Å². The molecule has 0 bridgehead atoms. The van der Waals surface area contributed by atoms with Crippen LogP contribution in [0.4, 0.5) is 24.8 Å². The molecule has 1 atom stereocenters. The van der Waals surface area contributed by atoms with Crippen LogP contribution in [0.15, 0.2) is 12.1 Å². The number of hydrogen-bond acceptors (Lipinski definition) is 3. The zero-order valence-corrected chi connectivity index (χ0v) is 12.3. The van der Waals surface area contributed by atoms with Crippen molar-refractivity contribution in [2.45, 2.75) is 45.2 Å². The summed E-state index contributed by atoms with van der Waals surface area (Å²) in [6, 6.07) is 2.00. The molecule has 6 heteroatoms. The number of nitrogen functional groups attached to an aromatic ring is 1. The summed E-state index contributed by atoms with van der Waals surface area (Å²) in [6.07, 6.45) is 1.08. The van der Waals surface area contributed by atoms with Gasteiger partial charge >= 0.3 is 6.18 Å². The van der Waals surface area contributed by atoms with E-state index in [1.807, 2.05) is 4.90 Å². The average molecular weight is 301 g/mol. The SMILES string of the molecule is CCCC1CCCN(c2cc(C(F)(F)F)cc(N)n2)CC1. The lowest BCUT2D eigenvalue weighted by atomic mass is 9.96. The summed E-state index contributed by atoms with van der Waals surface area (Å²) in [4.78, 5) is 6.02. The number of rotatable bonds is 3. The van der Waals surface area contributed by atoms with Gasteiger partial charge in [-0.2, -0.15) is 13.2 Å². The minimum atomic E-state index is -4.39. The first-order chi connectivity index (χ1) is 9.90. The predicted octanol–water partition coefficient (Wildman–Crippen LogP) is 4.09. The lowest BCUT2D eigenvalue weighted by Gasteiger charge is -2.23.